The van der Waals surface area contributed by atoms with Crippen LogP contribution in [0.3, 0.4) is 0 Å². The van der Waals surface area contributed by atoms with Gasteiger partial charge in [0.05, 0.1) is 12.7 Å². The van der Waals surface area contributed by atoms with Crippen molar-refractivity contribution < 1.29 is 14.6 Å². The maximum Gasteiger partial charge on any atom is 0.0774 e. The summed E-state index contributed by atoms with van der Waals surface area (Å²) >= 11 is 0. The number of ether oxygens (including phenoxy) is 2. The first-order valence-corrected chi connectivity index (χ1v) is 5.41. The maximum absolute atomic E-state index is 9.31. The van der Waals surface area contributed by atoms with E-state index in [0.29, 0.717) is 12.5 Å². The minimum atomic E-state index is -0.339. The minimum Gasteiger partial charge on any atom is -0.391 e. The highest BCUT2D eigenvalue weighted by molar-refractivity contribution is 4.53. The van der Waals surface area contributed by atoms with Gasteiger partial charge in [-0.25, -0.2) is 0 Å². The van der Waals surface area contributed by atoms with Crippen molar-refractivity contribution in [1.29, 1.82) is 0 Å². The standard InChI is InChI=1S/C11H24O3/c1-10(2)6-8-14-7-4-5-11(12)9-13-3/h10-12H,4-9H2,1-3H3. The van der Waals surface area contributed by atoms with Gasteiger partial charge in [0, 0.05) is 20.3 Å². The Kier molecular flexibility index (Phi) is 9.35. The summed E-state index contributed by atoms with van der Waals surface area (Å²) in [5.74, 6) is 0.703. The van der Waals surface area contributed by atoms with Crippen molar-refractivity contribution in [2.75, 3.05) is 26.9 Å². The van der Waals surface area contributed by atoms with Gasteiger partial charge in [0.15, 0.2) is 0 Å². The lowest BCUT2D eigenvalue weighted by molar-refractivity contribution is 0.0476. The number of rotatable bonds is 9. The van der Waals surface area contributed by atoms with Crippen LogP contribution in [0.4, 0.5) is 0 Å². The first kappa shape index (κ1) is 13.9. The Labute approximate surface area is 87.4 Å². The summed E-state index contributed by atoms with van der Waals surface area (Å²) in [5.41, 5.74) is 0. The Balaban J connectivity index is 3.05. The van der Waals surface area contributed by atoms with E-state index in [1.54, 1.807) is 7.11 Å². The molecule has 0 fully saturated rings. The van der Waals surface area contributed by atoms with Gasteiger partial charge in [0.2, 0.25) is 0 Å². The summed E-state index contributed by atoms with van der Waals surface area (Å²) in [4.78, 5) is 0. The molecular weight excluding hydrogens is 180 g/mol. The molecule has 1 atom stereocenters. The first-order chi connectivity index (χ1) is 6.66. The molecule has 0 saturated heterocycles. The summed E-state index contributed by atoms with van der Waals surface area (Å²) in [7, 11) is 1.60. The van der Waals surface area contributed by atoms with Crippen molar-refractivity contribution in [1.82, 2.24) is 0 Å². The largest absolute Gasteiger partial charge is 0.391 e. The Bertz CT molecular complexity index is 115. The fraction of sp³-hybridized carbons (Fsp3) is 1.00. The van der Waals surface area contributed by atoms with Crippen LogP contribution in [0.1, 0.15) is 33.1 Å². The lowest BCUT2D eigenvalue weighted by atomic mass is 10.1. The van der Waals surface area contributed by atoms with E-state index in [4.69, 9.17) is 9.47 Å². The Morgan fingerprint density at radius 2 is 1.86 bits per heavy atom. The molecule has 0 aliphatic heterocycles. The normalized spacial score (nSPS) is 13.5. The lowest BCUT2D eigenvalue weighted by Crippen LogP contribution is -2.14. The highest BCUT2D eigenvalue weighted by atomic mass is 16.5. The van der Waals surface area contributed by atoms with E-state index in [2.05, 4.69) is 13.8 Å². The zero-order valence-corrected chi connectivity index (χ0v) is 9.66. The van der Waals surface area contributed by atoms with Gasteiger partial charge in [0.25, 0.3) is 0 Å². The van der Waals surface area contributed by atoms with Crippen molar-refractivity contribution >= 4 is 0 Å². The van der Waals surface area contributed by atoms with Crippen LogP contribution in [0.5, 0.6) is 0 Å². The van der Waals surface area contributed by atoms with Crippen LogP contribution in [-0.4, -0.2) is 38.1 Å². The zero-order valence-electron chi connectivity index (χ0n) is 9.66. The summed E-state index contributed by atoms with van der Waals surface area (Å²) in [6.07, 6.45) is 2.44. The molecule has 3 heteroatoms. The fourth-order valence-electron chi connectivity index (χ4n) is 1.12. The second kappa shape index (κ2) is 9.44. The molecule has 0 radical (unpaired) electrons. The number of hydrogen-bond donors (Lipinski definition) is 1. The monoisotopic (exact) mass is 204 g/mol. The average Bonchev–Trinajstić information content (AvgIpc) is 2.11. The lowest BCUT2D eigenvalue weighted by Gasteiger charge is -2.09. The molecule has 86 valence electrons. The highest BCUT2D eigenvalue weighted by Crippen LogP contribution is 2.01. The van der Waals surface area contributed by atoms with Gasteiger partial charge >= 0.3 is 0 Å². The number of methoxy groups -OCH3 is 1. The van der Waals surface area contributed by atoms with Gasteiger partial charge in [-0.05, 0) is 25.2 Å². The number of hydrogen-bond acceptors (Lipinski definition) is 3. The molecule has 0 amide bonds. The third-order valence-electron chi connectivity index (χ3n) is 2.02. The second-order valence-corrected chi connectivity index (χ2v) is 4.05. The van der Waals surface area contributed by atoms with Crippen molar-refractivity contribution in [3.8, 4) is 0 Å². The highest BCUT2D eigenvalue weighted by Gasteiger charge is 2.02. The Morgan fingerprint density at radius 1 is 1.14 bits per heavy atom. The summed E-state index contributed by atoms with van der Waals surface area (Å²) in [6.45, 7) is 6.37. The van der Waals surface area contributed by atoms with Crippen LogP contribution >= 0.6 is 0 Å². The molecule has 14 heavy (non-hydrogen) atoms. The summed E-state index contributed by atoms with van der Waals surface area (Å²) in [5, 5.41) is 9.31. The van der Waals surface area contributed by atoms with Crippen LogP contribution in [0.15, 0.2) is 0 Å². The average molecular weight is 204 g/mol. The van der Waals surface area contributed by atoms with Crippen LogP contribution in [-0.2, 0) is 9.47 Å². The third kappa shape index (κ3) is 9.96. The Morgan fingerprint density at radius 3 is 2.43 bits per heavy atom. The topological polar surface area (TPSA) is 38.7 Å². The van der Waals surface area contributed by atoms with E-state index in [9.17, 15) is 5.11 Å². The van der Waals surface area contributed by atoms with Crippen molar-refractivity contribution in [3.05, 3.63) is 0 Å². The number of aliphatic hydroxyl groups is 1. The molecule has 0 aliphatic carbocycles. The molecule has 0 aliphatic rings. The van der Waals surface area contributed by atoms with Gasteiger partial charge in [0.1, 0.15) is 0 Å². The first-order valence-electron chi connectivity index (χ1n) is 5.41. The third-order valence-corrected chi connectivity index (χ3v) is 2.02. The molecular formula is C11H24O3. The zero-order chi connectivity index (χ0) is 10.8. The Hall–Kier alpha value is -0.120. The van der Waals surface area contributed by atoms with Crippen LogP contribution in [0.25, 0.3) is 0 Å². The molecule has 0 heterocycles. The van der Waals surface area contributed by atoms with Crippen molar-refractivity contribution in [2.45, 2.75) is 39.2 Å². The SMILES string of the molecule is COCC(O)CCCOCCC(C)C. The van der Waals surface area contributed by atoms with Crippen LogP contribution in [0.2, 0.25) is 0 Å². The summed E-state index contributed by atoms with van der Waals surface area (Å²) in [6, 6.07) is 0. The molecule has 3 nitrogen and oxygen atoms in total. The predicted molar refractivity (Wildman–Crippen MR) is 57.4 cm³/mol. The minimum absolute atomic E-state index is 0.339. The van der Waals surface area contributed by atoms with Crippen LogP contribution < -0.4 is 0 Å². The van der Waals surface area contributed by atoms with Crippen molar-refractivity contribution in [3.63, 3.8) is 0 Å². The molecule has 1 N–H and O–H groups in total. The molecule has 0 saturated carbocycles. The van der Waals surface area contributed by atoms with Gasteiger partial charge in [-0.1, -0.05) is 13.8 Å². The number of aliphatic hydroxyl groups excluding tert-OH is 1. The molecule has 0 aromatic heterocycles. The molecule has 0 bridgehead atoms. The van der Waals surface area contributed by atoms with E-state index >= 15 is 0 Å². The van der Waals surface area contributed by atoms with Gasteiger partial charge in [-0.3, -0.25) is 0 Å². The van der Waals surface area contributed by atoms with Crippen molar-refractivity contribution in [2.24, 2.45) is 5.92 Å². The molecule has 0 aromatic carbocycles. The van der Waals surface area contributed by atoms with E-state index in [1.807, 2.05) is 0 Å². The van der Waals surface area contributed by atoms with Crippen LogP contribution in [0, 0.1) is 5.92 Å². The van der Waals surface area contributed by atoms with E-state index in [-0.39, 0.29) is 6.10 Å². The second-order valence-electron chi connectivity index (χ2n) is 4.05. The smallest absolute Gasteiger partial charge is 0.0774 e. The van der Waals surface area contributed by atoms with Gasteiger partial charge < -0.3 is 14.6 Å². The molecule has 0 spiro atoms. The van der Waals surface area contributed by atoms with E-state index in [1.165, 1.54) is 0 Å². The van der Waals surface area contributed by atoms with Gasteiger partial charge in [-0.15, -0.1) is 0 Å². The summed E-state index contributed by atoms with van der Waals surface area (Å²) < 4.78 is 10.2. The molecule has 0 rings (SSSR count). The van der Waals surface area contributed by atoms with E-state index in [0.717, 1.165) is 32.5 Å². The molecule has 0 aromatic rings. The molecule has 1 unspecified atom stereocenters. The maximum atomic E-state index is 9.31. The quantitative estimate of drug-likeness (QED) is 0.582. The van der Waals surface area contributed by atoms with Gasteiger partial charge in [-0.2, -0.15) is 0 Å². The fourth-order valence-corrected chi connectivity index (χ4v) is 1.12. The van der Waals surface area contributed by atoms with E-state index < -0.39 is 0 Å². The predicted octanol–water partition coefficient (Wildman–Crippen LogP) is 1.84.